The third-order valence-corrected chi connectivity index (χ3v) is 6.72. The van der Waals surface area contributed by atoms with Gasteiger partial charge in [0.15, 0.2) is 5.79 Å². The van der Waals surface area contributed by atoms with E-state index in [1.165, 1.54) is 14.2 Å². The van der Waals surface area contributed by atoms with Crippen LogP contribution in [0.2, 0.25) is 0 Å². The van der Waals surface area contributed by atoms with Gasteiger partial charge in [-0.3, -0.25) is 4.79 Å². The van der Waals surface area contributed by atoms with E-state index >= 15 is 0 Å². The van der Waals surface area contributed by atoms with Crippen LogP contribution in [0.1, 0.15) is 68.2 Å². The average Bonchev–Trinajstić information content (AvgIpc) is 3.29. The molecule has 228 valence electrons. The molecule has 0 saturated carbocycles. The first-order valence-corrected chi connectivity index (χ1v) is 14.1. The van der Waals surface area contributed by atoms with E-state index in [4.69, 9.17) is 23.7 Å². The molecule has 9 heteroatoms. The summed E-state index contributed by atoms with van der Waals surface area (Å²) in [6.07, 6.45) is 3.16. The van der Waals surface area contributed by atoms with Gasteiger partial charge >= 0.3 is 17.9 Å². The molecule has 0 radical (unpaired) electrons. The number of hydrogen-bond acceptors (Lipinski definition) is 8. The van der Waals surface area contributed by atoms with E-state index in [0.717, 1.165) is 0 Å². The zero-order valence-corrected chi connectivity index (χ0v) is 25.7. The van der Waals surface area contributed by atoms with Crippen molar-refractivity contribution < 1.29 is 38.1 Å². The molecular formula is C34H39NO8. The molecule has 9 nitrogen and oxygen atoms in total. The third kappa shape index (κ3) is 7.60. The summed E-state index contributed by atoms with van der Waals surface area (Å²) in [7, 11) is 2.55. The van der Waals surface area contributed by atoms with Crippen molar-refractivity contribution >= 4 is 24.1 Å². The predicted molar refractivity (Wildman–Crippen MR) is 162 cm³/mol. The minimum absolute atomic E-state index is 0.0709. The second-order valence-corrected chi connectivity index (χ2v) is 11.7. The Morgan fingerprint density at radius 1 is 0.860 bits per heavy atom. The molecular weight excluding hydrogens is 550 g/mol. The van der Waals surface area contributed by atoms with Gasteiger partial charge in [0.05, 0.1) is 44.2 Å². The number of hydrogen-bond donors (Lipinski definition) is 0. The zero-order valence-electron chi connectivity index (χ0n) is 25.7. The van der Waals surface area contributed by atoms with E-state index < -0.39 is 35.5 Å². The van der Waals surface area contributed by atoms with E-state index in [9.17, 15) is 14.4 Å². The first-order chi connectivity index (χ1) is 20.3. The Morgan fingerprint density at radius 3 is 1.79 bits per heavy atom. The molecule has 0 amide bonds. The monoisotopic (exact) mass is 589 g/mol. The molecule has 2 atom stereocenters. The standard InChI is InChI=1S/C34H39NO8/c1-33(2,3)43-26(36)21-25-20-24(41-34(4,5)42-25)18-19-35-29(22-14-10-8-11-15-22)27(31(37)39-6)28(32(38)40-7)30(35)23-16-12-9-13-17-23/h8-19,24-25H,20-21H2,1-7H3/b19-18+/t24-,25-/m1/s1. The molecule has 2 aromatic carbocycles. The van der Waals surface area contributed by atoms with Crippen molar-refractivity contribution in [3.63, 3.8) is 0 Å². The fraction of sp³-hybridized carbons (Fsp3) is 0.382. The van der Waals surface area contributed by atoms with Crippen LogP contribution in [0.25, 0.3) is 28.7 Å². The second-order valence-electron chi connectivity index (χ2n) is 11.7. The third-order valence-electron chi connectivity index (χ3n) is 6.72. The smallest absolute Gasteiger partial charge is 0.340 e. The van der Waals surface area contributed by atoms with Gasteiger partial charge in [0.25, 0.3) is 0 Å². The zero-order chi connectivity index (χ0) is 31.4. The lowest BCUT2D eigenvalue weighted by Crippen LogP contribution is -2.45. The number of ether oxygens (including phenoxy) is 5. The SMILES string of the molecule is COC(=O)c1c(C(=O)OC)c(-c2ccccc2)n(/C=C/[C@@H]2C[C@H](CC(=O)OC(C)(C)C)OC(C)(C)O2)c1-c1ccccc1. The van der Waals surface area contributed by atoms with Crippen molar-refractivity contribution in [2.24, 2.45) is 0 Å². The molecule has 1 fully saturated rings. The van der Waals surface area contributed by atoms with Crippen LogP contribution in [-0.2, 0) is 28.5 Å². The van der Waals surface area contributed by atoms with Crippen molar-refractivity contribution in [1.29, 1.82) is 0 Å². The van der Waals surface area contributed by atoms with E-state index in [0.29, 0.717) is 28.9 Å². The fourth-order valence-electron chi connectivity index (χ4n) is 5.24. The van der Waals surface area contributed by atoms with Crippen LogP contribution in [0.3, 0.4) is 0 Å². The number of nitrogens with zero attached hydrogens (tertiary/aromatic N) is 1. The first-order valence-electron chi connectivity index (χ1n) is 14.1. The summed E-state index contributed by atoms with van der Waals surface area (Å²) in [6.45, 7) is 9.05. The summed E-state index contributed by atoms with van der Waals surface area (Å²) in [5.41, 5.74) is 1.85. The van der Waals surface area contributed by atoms with E-state index in [1.807, 2.05) is 87.5 Å². The summed E-state index contributed by atoms with van der Waals surface area (Å²) in [5, 5.41) is 0. The molecule has 3 aromatic rings. The van der Waals surface area contributed by atoms with Gasteiger partial charge in [-0.25, -0.2) is 9.59 Å². The molecule has 1 aromatic heterocycles. The van der Waals surface area contributed by atoms with Gasteiger partial charge in [0, 0.05) is 12.6 Å². The summed E-state index contributed by atoms with van der Waals surface area (Å²) in [6, 6.07) is 18.6. The number of methoxy groups -OCH3 is 2. The molecule has 0 N–H and O–H groups in total. The normalized spacial score (nSPS) is 18.3. The Kier molecular flexibility index (Phi) is 9.57. The topological polar surface area (TPSA) is 102 Å². The highest BCUT2D eigenvalue weighted by molar-refractivity contribution is 6.12. The Balaban J connectivity index is 1.87. The number of carbonyl (C=O) groups is 3. The number of benzene rings is 2. The van der Waals surface area contributed by atoms with E-state index in [2.05, 4.69) is 0 Å². The van der Waals surface area contributed by atoms with Crippen LogP contribution >= 0.6 is 0 Å². The number of aromatic nitrogens is 1. The molecule has 4 rings (SSSR count). The minimum atomic E-state index is -0.977. The maximum absolute atomic E-state index is 13.3. The Labute approximate surface area is 252 Å². The number of carbonyl (C=O) groups excluding carboxylic acids is 3. The van der Waals surface area contributed by atoms with Crippen molar-refractivity contribution in [1.82, 2.24) is 4.57 Å². The summed E-state index contributed by atoms with van der Waals surface area (Å²) < 4.78 is 29.9. The van der Waals surface area contributed by atoms with Crippen LogP contribution in [0, 0.1) is 0 Å². The van der Waals surface area contributed by atoms with E-state index in [-0.39, 0.29) is 23.5 Å². The van der Waals surface area contributed by atoms with Crippen LogP contribution in [0.5, 0.6) is 0 Å². The summed E-state index contributed by atoms with van der Waals surface area (Å²) in [4.78, 5) is 39.3. The molecule has 0 aliphatic carbocycles. The Morgan fingerprint density at radius 2 is 1.35 bits per heavy atom. The van der Waals surface area contributed by atoms with Crippen molar-refractivity contribution in [3.8, 4) is 22.5 Å². The highest BCUT2D eigenvalue weighted by atomic mass is 16.7. The van der Waals surface area contributed by atoms with Crippen molar-refractivity contribution in [2.45, 2.75) is 71.1 Å². The van der Waals surface area contributed by atoms with Crippen LogP contribution in [-0.4, -0.2) is 60.3 Å². The van der Waals surface area contributed by atoms with Crippen molar-refractivity contribution in [3.05, 3.63) is 77.9 Å². The highest BCUT2D eigenvalue weighted by Crippen LogP contribution is 2.39. The highest BCUT2D eigenvalue weighted by Gasteiger charge is 2.37. The lowest BCUT2D eigenvalue weighted by Gasteiger charge is -2.39. The fourth-order valence-corrected chi connectivity index (χ4v) is 5.24. The molecule has 0 spiro atoms. The Hall–Kier alpha value is -4.21. The molecule has 0 bridgehead atoms. The van der Waals surface area contributed by atoms with Gasteiger partial charge in [-0.05, 0) is 51.8 Å². The maximum Gasteiger partial charge on any atom is 0.340 e. The molecule has 1 aliphatic rings. The molecule has 43 heavy (non-hydrogen) atoms. The van der Waals surface area contributed by atoms with Crippen LogP contribution in [0.15, 0.2) is 66.7 Å². The summed E-state index contributed by atoms with van der Waals surface area (Å²) in [5.74, 6) is -2.68. The number of esters is 3. The van der Waals surface area contributed by atoms with Gasteiger partial charge in [0.2, 0.25) is 0 Å². The van der Waals surface area contributed by atoms with Crippen LogP contribution < -0.4 is 0 Å². The minimum Gasteiger partial charge on any atom is -0.465 e. The maximum atomic E-state index is 13.3. The van der Waals surface area contributed by atoms with Gasteiger partial charge in [-0.2, -0.15) is 0 Å². The van der Waals surface area contributed by atoms with Gasteiger partial charge < -0.3 is 28.3 Å². The van der Waals surface area contributed by atoms with E-state index in [1.54, 1.807) is 24.6 Å². The lowest BCUT2D eigenvalue weighted by molar-refractivity contribution is -0.290. The van der Waals surface area contributed by atoms with Gasteiger partial charge in [-0.15, -0.1) is 0 Å². The molecule has 1 aliphatic heterocycles. The van der Waals surface area contributed by atoms with Crippen molar-refractivity contribution in [2.75, 3.05) is 14.2 Å². The molecule has 1 saturated heterocycles. The predicted octanol–water partition coefficient (Wildman–Crippen LogP) is 6.51. The van der Waals surface area contributed by atoms with Gasteiger partial charge in [0.1, 0.15) is 16.7 Å². The average molecular weight is 590 g/mol. The van der Waals surface area contributed by atoms with Gasteiger partial charge in [-0.1, -0.05) is 60.7 Å². The first kappa shape index (κ1) is 31.7. The number of rotatable bonds is 8. The molecule has 0 unspecified atom stereocenters. The second kappa shape index (κ2) is 13.0. The lowest BCUT2D eigenvalue weighted by atomic mass is 10.0. The quantitative estimate of drug-likeness (QED) is 0.217. The Bertz CT molecular complexity index is 1410. The summed E-state index contributed by atoms with van der Waals surface area (Å²) >= 11 is 0. The molecule has 2 heterocycles. The van der Waals surface area contributed by atoms with Crippen LogP contribution in [0.4, 0.5) is 0 Å². The largest absolute Gasteiger partial charge is 0.465 e.